The molecule has 0 radical (unpaired) electrons. The Bertz CT molecular complexity index is 470. The van der Waals surface area contributed by atoms with E-state index in [4.69, 9.17) is 14.7 Å². The maximum atomic E-state index is 11.6. The van der Waals surface area contributed by atoms with E-state index in [0.29, 0.717) is 12.8 Å². The molecule has 11 nitrogen and oxygen atoms in total. The number of carbonyl (C=O) groups is 3. The molecule has 0 fully saturated rings. The zero-order chi connectivity index (χ0) is 20.1. The quantitative estimate of drug-likeness (QED) is 0.111. The molecule has 0 bridgehead atoms. The van der Waals surface area contributed by atoms with Crippen LogP contribution in [0.25, 0.3) is 0 Å². The number of carboxylic acids is 1. The number of hydroxylamine groups is 2. The van der Waals surface area contributed by atoms with Crippen LogP contribution in [-0.2, 0) is 28.8 Å². The number of carbonyl (C=O) groups excluding carboxylic acids is 2. The Morgan fingerprint density at radius 1 is 1.31 bits per heavy atom. The van der Waals surface area contributed by atoms with Crippen molar-refractivity contribution in [1.29, 1.82) is 0 Å². The Morgan fingerprint density at radius 2 is 1.96 bits per heavy atom. The summed E-state index contributed by atoms with van der Waals surface area (Å²) in [6, 6.07) is 0. The van der Waals surface area contributed by atoms with Crippen LogP contribution in [0.15, 0.2) is 0 Å². The van der Waals surface area contributed by atoms with Gasteiger partial charge in [-0.05, 0) is 24.7 Å². The molecule has 0 aliphatic heterocycles. The van der Waals surface area contributed by atoms with Crippen LogP contribution >= 0.6 is 0 Å². The minimum absolute atomic E-state index is 0.0482. The van der Waals surface area contributed by atoms with Crippen molar-refractivity contribution in [1.82, 2.24) is 5.06 Å². The first-order valence-electron chi connectivity index (χ1n) is 8.21. The van der Waals surface area contributed by atoms with Gasteiger partial charge in [0.15, 0.2) is 0 Å². The third kappa shape index (κ3) is 12.9. The summed E-state index contributed by atoms with van der Waals surface area (Å²) in [7, 11) is 0. The van der Waals surface area contributed by atoms with Crippen molar-refractivity contribution in [2.24, 2.45) is 11.8 Å². The summed E-state index contributed by atoms with van der Waals surface area (Å²) >= 11 is 0. The first-order chi connectivity index (χ1) is 12.1. The van der Waals surface area contributed by atoms with E-state index in [-0.39, 0.29) is 44.2 Å². The van der Waals surface area contributed by atoms with Gasteiger partial charge in [-0.15, -0.1) is 10.1 Å². The second-order valence-corrected chi connectivity index (χ2v) is 6.12. The topological polar surface area (TPSA) is 146 Å². The zero-order valence-electron chi connectivity index (χ0n) is 15.2. The molecule has 2 atom stereocenters. The lowest BCUT2D eigenvalue weighted by Crippen LogP contribution is -2.35. The van der Waals surface area contributed by atoms with Gasteiger partial charge in [0.05, 0.1) is 13.2 Å². The summed E-state index contributed by atoms with van der Waals surface area (Å²) in [5.74, 6) is -1.71. The smallest absolute Gasteiger partial charge is 0.308 e. The van der Waals surface area contributed by atoms with Crippen LogP contribution in [0.4, 0.5) is 0 Å². The van der Waals surface area contributed by atoms with Crippen LogP contribution in [0.1, 0.15) is 46.5 Å². The number of hydrogen-bond acceptors (Lipinski definition) is 8. The van der Waals surface area contributed by atoms with Gasteiger partial charge in [0.25, 0.3) is 5.09 Å². The number of hydrogen-bond donors (Lipinski definition) is 1. The fourth-order valence-electron chi connectivity index (χ4n) is 2.31. The minimum atomic E-state index is -1.08. The molecule has 0 spiro atoms. The molecule has 0 heterocycles. The van der Waals surface area contributed by atoms with Crippen LogP contribution in [-0.4, -0.2) is 53.0 Å². The molecule has 26 heavy (non-hydrogen) atoms. The first kappa shape index (κ1) is 23.6. The molecular weight excluding hydrogens is 352 g/mol. The molecule has 2 unspecified atom stereocenters. The molecule has 0 saturated heterocycles. The highest BCUT2D eigenvalue weighted by molar-refractivity contribution is 5.69. The van der Waals surface area contributed by atoms with Gasteiger partial charge in [0.1, 0.15) is 0 Å². The number of esters is 1. The van der Waals surface area contributed by atoms with Crippen LogP contribution in [0, 0.1) is 22.0 Å². The average molecular weight is 378 g/mol. The molecule has 0 rings (SSSR count). The van der Waals surface area contributed by atoms with Crippen molar-refractivity contribution in [3.05, 3.63) is 10.1 Å². The third-order valence-corrected chi connectivity index (χ3v) is 3.13. The summed E-state index contributed by atoms with van der Waals surface area (Å²) in [5, 5.41) is 18.9. The molecule has 0 aliphatic rings. The predicted octanol–water partition coefficient (Wildman–Crippen LogP) is 1.39. The fourth-order valence-corrected chi connectivity index (χ4v) is 2.31. The Balaban J connectivity index is 4.36. The predicted molar refractivity (Wildman–Crippen MR) is 86.8 cm³/mol. The molecule has 0 aromatic rings. The van der Waals surface area contributed by atoms with Gasteiger partial charge < -0.3 is 14.7 Å². The zero-order valence-corrected chi connectivity index (χ0v) is 15.2. The Kier molecular flexibility index (Phi) is 11.7. The highest BCUT2D eigenvalue weighted by atomic mass is 16.9. The fraction of sp³-hybridized carbons (Fsp3) is 0.800. The summed E-state index contributed by atoms with van der Waals surface area (Å²) in [5.41, 5.74) is 0. The molecule has 11 heteroatoms. The van der Waals surface area contributed by atoms with E-state index in [2.05, 4.69) is 4.84 Å². The highest BCUT2D eigenvalue weighted by Crippen LogP contribution is 2.17. The maximum Gasteiger partial charge on any atom is 0.308 e. The van der Waals surface area contributed by atoms with Crippen LogP contribution in [0.2, 0.25) is 0 Å². The van der Waals surface area contributed by atoms with Crippen molar-refractivity contribution >= 4 is 18.3 Å². The first-order valence-corrected chi connectivity index (χ1v) is 8.21. The van der Waals surface area contributed by atoms with Crippen molar-refractivity contribution < 1.29 is 39.0 Å². The summed E-state index contributed by atoms with van der Waals surface area (Å²) in [6.07, 6.45) is -0.226. The SMILES string of the molecule is CC(C)CC(CC(=O)O)CN(C=O)OC(C)OC(=O)CCCO[N+](=O)[O-]. The van der Waals surface area contributed by atoms with Gasteiger partial charge in [-0.1, -0.05) is 13.8 Å². The van der Waals surface area contributed by atoms with E-state index in [0.717, 1.165) is 5.06 Å². The minimum Gasteiger partial charge on any atom is -0.481 e. The van der Waals surface area contributed by atoms with E-state index in [1.165, 1.54) is 6.92 Å². The van der Waals surface area contributed by atoms with Crippen LogP contribution in [0.5, 0.6) is 0 Å². The number of rotatable bonds is 15. The van der Waals surface area contributed by atoms with Crippen molar-refractivity contribution in [3.63, 3.8) is 0 Å². The van der Waals surface area contributed by atoms with E-state index < -0.39 is 23.3 Å². The largest absolute Gasteiger partial charge is 0.481 e. The summed E-state index contributed by atoms with van der Waals surface area (Å²) in [4.78, 5) is 52.9. The number of carboxylic acid groups (broad SMARTS) is 1. The lowest BCUT2D eigenvalue weighted by molar-refractivity contribution is -0.757. The van der Waals surface area contributed by atoms with Gasteiger partial charge in [-0.25, -0.2) is 9.90 Å². The maximum absolute atomic E-state index is 11.6. The monoisotopic (exact) mass is 378 g/mol. The molecule has 0 aliphatic carbocycles. The van der Waals surface area contributed by atoms with Crippen molar-refractivity contribution in [3.8, 4) is 0 Å². The number of aliphatic carboxylic acids is 1. The van der Waals surface area contributed by atoms with Gasteiger partial charge in [0.2, 0.25) is 12.7 Å². The molecular formula is C15H26N2O9. The van der Waals surface area contributed by atoms with E-state index in [9.17, 15) is 24.5 Å². The van der Waals surface area contributed by atoms with Gasteiger partial charge in [0, 0.05) is 19.8 Å². The molecule has 1 amide bonds. The van der Waals surface area contributed by atoms with Gasteiger partial charge in [-0.3, -0.25) is 14.4 Å². The lowest BCUT2D eigenvalue weighted by Gasteiger charge is -2.26. The Labute approximate surface area is 151 Å². The summed E-state index contributed by atoms with van der Waals surface area (Å²) < 4.78 is 4.93. The Hall–Kier alpha value is -2.43. The van der Waals surface area contributed by atoms with Gasteiger partial charge in [-0.2, -0.15) is 0 Å². The molecule has 0 aromatic carbocycles. The number of nitrogens with zero attached hydrogens (tertiary/aromatic N) is 2. The van der Waals surface area contributed by atoms with Crippen molar-refractivity contribution in [2.75, 3.05) is 13.2 Å². The van der Waals surface area contributed by atoms with Crippen LogP contribution < -0.4 is 0 Å². The van der Waals surface area contributed by atoms with E-state index in [1.807, 2.05) is 13.8 Å². The normalized spacial score (nSPS) is 12.9. The Morgan fingerprint density at radius 3 is 2.46 bits per heavy atom. The standard InChI is InChI=1S/C15H26N2O9/c1-11(2)7-13(8-14(19)20)9-16(10-18)26-12(3)25-15(21)5-4-6-24-17(22)23/h10-13H,4-9H2,1-3H3,(H,19,20). The van der Waals surface area contributed by atoms with E-state index >= 15 is 0 Å². The number of ether oxygens (including phenoxy) is 1. The third-order valence-electron chi connectivity index (χ3n) is 3.13. The molecule has 0 saturated carbocycles. The molecule has 1 N–H and O–H groups in total. The molecule has 0 aromatic heterocycles. The summed E-state index contributed by atoms with van der Waals surface area (Å²) in [6.45, 7) is 5.09. The lowest BCUT2D eigenvalue weighted by atomic mass is 9.94. The number of amides is 1. The second kappa shape index (κ2) is 12.9. The van der Waals surface area contributed by atoms with Crippen LogP contribution in [0.3, 0.4) is 0 Å². The second-order valence-electron chi connectivity index (χ2n) is 6.12. The highest BCUT2D eigenvalue weighted by Gasteiger charge is 2.21. The average Bonchev–Trinajstić information content (AvgIpc) is 2.49. The van der Waals surface area contributed by atoms with Gasteiger partial charge >= 0.3 is 11.9 Å². The molecule has 150 valence electrons. The van der Waals surface area contributed by atoms with Crippen molar-refractivity contribution in [2.45, 2.75) is 52.7 Å². The van der Waals surface area contributed by atoms with E-state index in [1.54, 1.807) is 0 Å².